The highest BCUT2D eigenvalue weighted by Gasteiger charge is 2.35. The first-order chi connectivity index (χ1) is 9.72. The molecule has 0 saturated carbocycles. The summed E-state index contributed by atoms with van der Waals surface area (Å²) in [6, 6.07) is 4.19. The molecule has 0 spiro atoms. The maximum Gasteiger partial charge on any atom is 0.292 e. The Morgan fingerprint density at radius 3 is 2.64 bits per heavy atom. The molecule has 22 heavy (non-hydrogen) atoms. The Balaban J connectivity index is 0.00000242. The summed E-state index contributed by atoms with van der Waals surface area (Å²) in [7, 11) is 0. The number of hydrogen-bond acceptors (Lipinski definition) is 5. The highest BCUT2D eigenvalue weighted by molar-refractivity contribution is 5.95. The maximum absolute atomic E-state index is 12.5. The molecule has 1 amide bonds. The van der Waals surface area contributed by atoms with Crippen molar-refractivity contribution in [1.29, 1.82) is 0 Å². The number of rotatable bonds is 2. The summed E-state index contributed by atoms with van der Waals surface area (Å²) < 4.78 is 0. The Morgan fingerprint density at radius 1 is 1.45 bits per heavy atom. The van der Waals surface area contributed by atoms with Crippen LogP contribution in [0.25, 0.3) is 0 Å². The molecule has 0 bridgehead atoms. The van der Waals surface area contributed by atoms with E-state index >= 15 is 0 Å². The van der Waals surface area contributed by atoms with E-state index in [4.69, 9.17) is 11.5 Å². The molecule has 1 aliphatic rings. The van der Waals surface area contributed by atoms with Gasteiger partial charge in [-0.25, -0.2) is 0 Å². The summed E-state index contributed by atoms with van der Waals surface area (Å²) in [5.41, 5.74) is 11.5. The lowest BCUT2D eigenvalue weighted by Gasteiger charge is -2.42. The minimum Gasteiger partial charge on any atom is -0.393 e. The Morgan fingerprint density at radius 2 is 2.09 bits per heavy atom. The third kappa shape index (κ3) is 3.48. The Kier molecular flexibility index (Phi) is 5.37. The molecule has 8 heteroatoms. The van der Waals surface area contributed by atoms with Crippen LogP contribution in [0.15, 0.2) is 18.2 Å². The highest BCUT2D eigenvalue weighted by Crippen LogP contribution is 2.29. The number of halogens is 1. The average molecular weight is 329 g/mol. The predicted octanol–water partition coefficient (Wildman–Crippen LogP) is 1.80. The second-order valence-corrected chi connectivity index (χ2v) is 6.14. The summed E-state index contributed by atoms with van der Waals surface area (Å²) in [5.74, 6) is -0.224. The van der Waals surface area contributed by atoms with Crippen LogP contribution in [0.5, 0.6) is 0 Å². The zero-order chi connectivity index (χ0) is 15.8. The Labute approximate surface area is 135 Å². The van der Waals surface area contributed by atoms with E-state index in [0.29, 0.717) is 13.1 Å². The predicted molar refractivity (Wildman–Crippen MR) is 87.0 cm³/mol. The fourth-order valence-corrected chi connectivity index (χ4v) is 2.56. The first-order valence-electron chi connectivity index (χ1n) is 6.81. The zero-order valence-electron chi connectivity index (χ0n) is 12.6. The van der Waals surface area contributed by atoms with Gasteiger partial charge in [0.05, 0.1) is 4.92 Å². The monoisotopic (exact) mass is 328 g/mol. The first-order valence-corrected chi connectivity index (χ1v) is 6.81. The number of nitro benzene ring substituents is 1. The molecule has 122 valence electrons. The van der Waals surface area contributed by atoms with Gasteiger partial charge < -0.3 is 16.4 Å². The summed E-state index contributed by atoms with van der Waals surface area (Å²) in [5, 5.41) is 10.9. The summed E-state index contributed by atoms with van der Waals surface area (Å²) in [4.78, 5) is 24.5. The summed E-state index contributed by atoms with van der Waals surface area (Å²) in [6.45, 7) is 5.12. The highest BCUT2D eigenvalue weighted by atomic mass is 35.5. The van der Waals surface area contributed by atoms with Gasteiger partial charge in [0.15, 0.2) is 0 Å². The van der Waals surface area contributed by atoms with E-state index in [2.05, 4.69) is 0 Å². The third-order valence-corrected chi connectivity index (χ3v) is 4.07. The summed E-state index contributed by atoms with van der Waals surface area (Å²) >= 11 is 0. The van der Waals surface area contributed by atoms with Crippen LogP contribution in [0.2, 0.25) is 0 Å². The minimum absolute atomic E-state index is 0. The van der Waals surface area contributed by atoms with Crippen LogP contribution in [-0.2, 0) is 0 Å². The van der Waals surface area contributed by atoms with Gasteiger partial charge in [0.1, 0.15) is 5.69 Å². The fourth-order valence-electron chi connectivity index (χ4n) is 2.56. The normalized spacial score (nSPS) is 20.1. The molecule has 1 atom stereocenters. The smallest absolute Gasteiger partial charge is 0.292 e. The van der Waals surface area contributed by atoms with Crippen molar-refractivity contribution in [3.8, 4) is 0 Å². The molecule has 0 radical (unpaired) electrons. The van der Waals surface area contributed by atoms with Gasteiger partial charge in [0, 0.05) is 30.8 Å². The quantitative estimate of drug-likeness (QED) is 0.488. The maximum atomic E-state index is 12.5. The van der Waals surface area contributed by atoms with E-state index in [0.717, 1.165) is 6.42 Å². The van der Waals surface area contributed by atoms with Crippen LogP contribution in [0.4, 0.5) is 11.4 Å². The average Bonchev–Trinajstić information content (AvgIpc) is 2.41. The van der Waals surface area contributed by atoms with E-state index in [1.54, 1.807) is 4.90 Å². The molecule has 1 heterocycles. The number of amides is 1. The number of carbonyl (C=O) groups excluding carboxylic acids is 1. The number of nitrogens with zero attached hydrogens (tertiary/aromatic N) is 2. The Hall–Kier alpha value is -1.86. The SMILES string of the molecule is CC1(C)CN(C(=O)c2ccc(N)c([N+](=O)[O-])c2)CCC1N.Cl. The van der Waals surface area contributed by atoms with Gasteiger partial charge in [-0.05, 0) is 24.0 Å². The number of nitrogens with two attached hydrogens (primary N) is 2. The van der Waals surface area contributed by atoms with Crippen LogP contribution in [0.3, 0.4) is 0 Å². The lowest BCUT2D eigenvalue weighted by Crippen LogP contribution is -2.54. The van der Waals surface area contributed by atoms with Crippen LogP contribution >= 0.6 is 12.4 Å². The number of carbonyl (C=O) groups is 1. The molecule has 7 nitrogen and oxygen atoms in total. The van der Waals surface area contributed by atoms with Gasteiger partial charge in [-0.1, -0.05) is 13.8 Å². The standard InChI is InChI=1S/C14H20N4O3.ClH/c1-14(2)8-17(6-5-12(14)16)13(19)9-3-4-10(15)11(7-9)18(20)21;/h3-4,7,12H,5-6,8,15-16H2,1-2H3;1H. The molecule has 0 aliphatic carbocycles. The molecule has 1 aromatic rings. The van der Waals surface area contributed by atoms with Crippen molar-refractivity contribution in [2.75, 3.05) is 18.8 Å². The molecule has 1 unspecified atom stereocenters. The van der Waals surface area contributed by atoms with Crippen molar-refractivity contribution in [1.82, 2.24) is 4.90 Å². The van der Waals surface area contributed by atoms with E-state index in [1.807, 2.05) is 13.8 Å². The molecular formula is C14H21ClN4O3. The second kappa shape index (κ2) is 6.50. The molecular weight excluding hydrogens is 308 g/mol. The van der Waals surface area contributed by atoms with E-state index in [-0.39, 0.29) is 46.7 Å². The lowest BCUT2D eigenvalue weighted by atomic mass is 9.79. The van der Waals surface area contributed by atoms with Gasteiger partial charge in [-0.3, -0.25) is 14.9 Å². The van der Waals surface area contributed by atoms with Crippen molar-refractivity contribution in [2.24, 2.45) is 11.1 Å². The molecule has 1 aromatic carbocycles. The van der Waals surface area contributed by atoms with E-state index in [9.17, 15) is 14.9 Å². The molecule has 1 saturated heterocycles. The van der Waals surface area contributed by atoms with Crippen molar-refractivity contribution >= 4 is 29.7 Å². The number of likely N-dealkylation sites (tertiary alicyclic amines) is 1. The number of benzene rings is 1. The molecule has 1 aliphatic heterocycles. The van der Waals surface area contributed by atoms with Crippen molar-refractivity contribution in [3.63, 3.8) is 0 Å². The van der Waals surface area contributed by atoms with Crippen LogP contribution in [0, 0.1) is 15.5 Å². The van der Waals surface area contributed by atoms with Crippen LogP contribution in [-0.4, -0.2) is 34.9 Å². The van der Waals surface area contributed by atoms with Crippen molar-refractivity contribution in [3.05, 3.63) is 33.9 Å². The van der Waals surface area contributed by atoms with Gasteiger partial charge >= 0.3 is 0 Å². The number of anilines is 1. The minimum atomic E-state index is -0.581. The van der Waals surface area contributed by atoms with Gasteiger partial charge in [-0.15, -0.1) is 12.4 Å². The first kappa shape index (κ1) is 18.2. The van der Waals surface area contributed by atoms with Crippen molar-refractivity contribution in [2.45, 2.75) is 26.3 Å². The topological polar surface area (TPSA) is 115 Å². The number of nitrogen functional groups attached to an aromatic ring is 1. The van der Waals surface area contributed by atoms with Gasteiger partial charge in [0.25, 0.3) is 11.6 Å². The molecule has 1 fully saturated rings. The largest absolute Gasteiger partial charge is 0.393 e. The van der Waals surface area contributed by atoms with Gasteiger partial charge in [-0.2, -0.15) is 0 Å². The molecule has 0 aromatic heterocycles. The number of hydrogen-bond donors (Lipinski definition) is 2. The summed E-state index contributed by atoms with van der Waals surface area (Å²) in [6.07, 6.45) is 0.718. The number of piperidine rings is 1. The number of nitro groups is 1. The molecule has 2 rings (SSSR count). The Bertz CT molecular complexity index is 591. The fraction of sp³-hybridized carbons (Fsp3) is 0.500. The van der Waals surface area contributed by atoms with Crippen LogP contribution in [0.1, 0.15) is 30.6 Å². The van der Waals surface area contributed by atoms with Crippen molar-refractivity contribution < 1.29 is 9.72 Å². The molecule has 4 N–H and O–H groups in total. The zero-order valence-corrected chi connectivity index (χ0v) is 13.4. The third-order valence-electron chi connectivity index (χ3n) is 4.07. The van der Waals surface area contributed by atoms with E-state index in [1.165, 1.54) is 18.2 Å². The lowest BCUT2D eigenvalue weighted by molar-refractivity contribution is -0.383. The van der Waals surface area contributed by atoms with E-state index < -0.39 is 4.92 Å². The van der Waals surface area contributed by atoms with Gasteiger partial charge in [0.2, 0.25) is 0 Å². The second-order valence-electron chi connectivity index (χ2n) is 6.14. The van der Waals surface area contributed by atoms with Crippen LogP contribution < -0.4 is 11.5 Å².